The van der Waals surface area contributed by atoms with Crippen molar-refractivity contribution in [2.75, 3.05) is 0 Å². The summed E-state index contributed by atoms with van der Waals surface area (Å²) in [6.07, 6.45) is 0. The summed E-state index contributed by atoms with van der Waals surface area (Å²) in [5.74, 6) is 0. The van der Waals surface area contributed by atoms with E-state index in [0.717, 1.165) is 21.5 Å². The SMILES string of the molecule is N#Cc1ccc2ccccc2c1-c1no[n+]([O-])c1-c1c(C#N)ccc2ccccc12. The first kappa shape index (κ1) is 17.4. The number of nitrogens with zero attached hydrogens (tertiary/aromatic N) is 4. The number of aromatic nitrogens is 2. The Balaban J connectivity index is 1.94. The summed E-state index contributed by atoms with van der Waals surface area (Å²) >= 11 is 0. The van der Waals surface area contributed by atoms with Crippen molar-refractivity contribution in [2.45, 2.75) is 0 Å². The predicted octanol–water partition coefficient (Wildman–Crippen LogP) is 4.69. The largest absolute Gasteiger partial charge is 0.359 e. The van der Waals surface area contributed by atoms with Crippen LogP contribution in [0.2, 0.25) is 0 Å². The van der Waals surface area contributed by atoms with Gasteiger partial charge in [-0.1, -0.05) is 60.7 Å². The van der Waals surface area contributed by atoms with Crippen LogP contribution < -0.4 is 4.90 Å². The fraction of sp³-hybridized carbons (Fsp3) is 0. The highest BCUT2D eigenvalue weighted by Crippen LogP contribution is 2.39. The topological polar surface area (TPSA) is 101 Å². The molecule has 0 fully saturated rings. The quantitative estimate of drug-likeness (QED) is 0.408. The highest BCUT2D eigenvalue weighted by molar-refractivity contribution is 6.05. The van der Waals surface area contributed by atoms with Gasteiger partial charge >= 0.3 is 0 Å². The second kappa shape index (κ2) is 6.73. The van der Waals surface area contributed by atoms with Crippen LogP contribution >= 0.6 is 0 Å². The second-order valence-electron chi connectivity index (χ2n) is 6.77. The lowest BCUT2D eigenvalue weighted by Gasteiger charge is -2.09. The highest BCUT2D eigenvalue weighted by atomic mass is 16.8. The zero-order valence-electron chi connectivity index (χ0n) is 15.5. The molecule has 1 aromatic heterocycles. The normalized spacial score (nSPS) is 10.7. The van der Waals surface area contributed by atoms with Crippen molar-refractivity contribution in [3.05, 3.63) is 89.1 Å². The maximum Gasteiger partial charge on any atom is 0.258 e. The Hall–Kier alpha value is -4.68. The van der Waals surface area contributed by atoms with Crippen LogP contribution in [0.25, 0.3) is 44.1 Å². The Kier molecular flexibility index (Phi) is 3.91. The molecule has 0 amide bonds. The summed E-state index contributed by atoms with van der Waals surface area (Å²) in [7, 11) is 0. The lowest BCUT2D eigenvalue weighted by molar-refractivity contribution is -0.793. The molecule has 30 heavy (non-hydrogen) atoms. The first-order chi connectivity index (χ1) is 14.7. The molecule has 4 aromatic carbocycles. The molecule has 1 heterocycles. The van der Waals surface area contributed by atoms with E-state index in [1.54, 1.807) is 12.1 Å². The number of hydrogen-bond donors (Lipinski definition) is 0. The first-order valence-corrected chi connectivity index (χ1v) is 9.17. The molecule has 0 radical (unpaired) electrons. The predicted molar refractivity (Wildman–Crippen MR) is 111 cm³/mol. The Morgan fingerprint density at radius 2 is 1.27 bits per heavy atom. The molecule has 5 rings (SSSR count). The van der Waals surface area contributed by atoms with Crippen LogP contribution in [0, 0.1) is 27.9 Å². The molecule has 0 N–H and O–H groups in total. The zero-order chi connectivity index (χ0) is 20.7. The second-order valence-corrected chi connectivity index (χ2v) is 6.77. The van der Waals surface area contributed by atoms with E-state index in [9.17, 15) is 15.7 Å². The number of nitriles is 2. The molecule has 6 heteroatoms. The van der Waals surface area contributed by atoms with Crippen LogP contribution in [-0.4, -0.2) is 5.16 Å². The minimum absolute atomic E-state index is 0.108. The van der Waals surface area contributed by atoms with Crippen molar-refractivity contribution in [2.24, 2.45) is 0 Å². The first-order valence-electron chi connectivity index (χ1n) is 9.17. The minimum Gasteiger partial charge on any atom is -0.359 e. The van der Waals surface area contributed by atoms with E-state index >= 15 is 0 Å². The lowest BCUT2D eigenvalue weighted by atomic mass is 9.91. The molecular weight excluding hydrogens is 376 g/mol. The van der Waals surface area contributed by atoms with Gasteiger partial charge in [-0.15, -0.1) is 0 Å². The van der Waals surface area contributed by atoms with Gasteiger partial charge in [0.05, 0.1) is 34.4 Å². The van der Waals surface area contributed by atoms with Gasteiger partial charge in [-0.3, -0.25) is 4.63 Å². The lowest BCUT2D eigenvalue weighted by Crippen LogP contribution is -2.25. The summed E-state index contributed by atoms with van der Waals surface area (Å²) in [6, 6.07) is 26.4. The Morgan fingerprint density at radius 1 is 0.733 bits per heavy atom. The molecular formula is C24H12N4O2. The Morgan fingerprint density at radius 3 is 1.87 bits per heavy atom. The molecule has 0 aliphatic carbocycles. The number of fused-ring (bicyclic) bond motifs is 2. The monoisotopic (exact) mass is 388 g/mol. The molecule has 0 unspecified atom stereocenters. The maximum absolute atomic E-state index is 12.8. The van der Waals surface area contributed by atoms with Gasteiger partial charge in [-0.05, 0) is 38.6 Å². The van der Waals surface area contributed by atoms with E-state index in [1.807, 2.05) is 60.7 Å². The van der Waals surface area contributed by atoms with Crippen molar-refractivity contribution < 1.29 is 9.53 Å². The van der Waals surface area contributed by atoms with Crippen molar-refractivity contribution in [1.82, 2.24) is 5.16 Å². The summed E-state index contributed by atoms with van der Waals surface area (Å²) in [5, 5.41) is 39.5. The van der Waals surface area contributed by atoms with E-state index in [4.69, 9.17) is 4.63 Å². The average Bonchev–Trinajstić information content (AvgIpc) is 3.17. The van der Waals surface area contributed by atoms with Gasteiger partial charge in [0.2, 0.25) is 5.69 Å². The smallest absolute Gasteiger partial charge is 0.258 e. The number of hydrogen-bond acceptors (Lipinski definition) is 5. The van der Waals surface area contributed by atoms with Gasteiger partial charge in [-0.2, -0.15) is 10.5 Å². The van der Waals surface area contributed by atoms with E-state index in [-0.39, 0.29) is 11.4 Å². The third-order valence-corrected chi connectivity index (χ3v) is 5.19. The van der Waals surface area contributed by atoms with E-state index < -0.39 is 0 Å². The van der Waals surface area contributed by atoms with Crippen LogP contribution in [0.5, 0.6) is 0 Å². The van der Waals surface area contributed by atoms with Crippen molar-refractivity contribution in [3.8, 4) is 34.7 Å². The van der Waals surface area contributed by atoms with Crippen LogP contribution in [0.4, 0.5) is 0 Å². The fourth-order valence-corrected chi connectivity index (χ4v) is 3.86. The van der Waals surface area contributed by atoms with E-state index in [0.29, 0.717) is 27.2 Å². The number of rotatable bonds is 2. The molecule has 0 saturated carbocycles. The molecule has 0 saturated heterocycles. The maximum atomic E-state index is 12.8. The average molecular weight is 388 g/mol. The Labute approximate surface area is 171 Å². The molecule has 0 aliphatic heterocycles. The van der Waals surface area contributed by atoms with Crippen molar-refractivity contribution in [3.63, 3.8) is 0 Å². The molecule has 5 aromatic rings. The van der Waals surface area contributed by atoms with E-state index in [1.165, 1.54) is 0 Å². The number of benzene rings is 4. The van der Waals surface area contributed by atoms with Crippen LogP contribution in [0.3, 0.4) is 0 Å². The highest BCUT2D eigenvalue weighted by Gasteiger charge is 2.30. The fourth-order valence-electron chi connectivity index (χ4n) is 3.86. The summed E-state index contributed by atoms with van der Waals surface area (Å²) in [6.45, 7) is 0. The standard InChI is InChI=1S/C24H12N4O2/c25-13-17-11-9-15-5-1-3-7-19(15)21(17)23-24(28(29)30-27-23)22-18(14-26)12-10-16-6-2-4-8-20(16)22/h1-12H. The van der Waals surface area contributed by atoms with Crippen molar-refractivity contribution >= 4 is 21.5 Å². The van der Waals surface area contributed by atoms with Gasteiger partial charge in [0.15, 0.2) is 0 Å². The summed E-state index contributed by atoms with van der Waals surface area (Å²) < 4.78 is 4.99. The molecule has 0 spiro atoms. The van der Waals surface area contributed by atoms with Gasteiger partial charge < -0.3 is 5.21 Å². The van der Waals surface area contributed by atoms with Gasteiger partial charge in [0, 0.05) is 5.16 Å². The van der Waals surface area contributed by atoms with E-state index in [2.05, 4.69) is 17.3 Å². The zero-order valence-corrected chi connectivity index (χ0v) is 15.5. The van der Waals surface area contributed by atoms with Crippen LogP contribution in [-0.2, 0) is 0 Å². The van der Waals surface area contributed by atoms with Gasteiger partial charge in [-0.25, -0.2) is 0 Å². The summed E-state index contributed by atoms with van der Waals surface area (Å²) in [4.78, 5) is 0.306. The van der Waals surface area contributed by atoms with Crippen LogP contribution in [0.15, 0.2) is 77.4 Å². The molecule has 0 aliphatic rings. The Bertz CT molecular complexity index is 1540. The van der Waals surface area contributed by atoms with Crippen molar-refractivity contribution in [1.29, 1.82) is 10.5 Å². The minimum atomic E-state index is 0.108. The molecule has 0 bridgehead atoms. The van der Waals surface area contributed by atoms with Gasteiger partial charge in [0.1, 0.15) is 0 Å². The molecule has 6 nitrogen and oxygen atoms in total. The van der Waals surface area contributed by atoms with Crippen LogP contribution in [0.1, 0.15) is 11.1 Å². The van der Waals surface area contributed by atoms with Gasteiger partial charge in [0.25, 0.3) is 5.69 Å². The summed E-state index contributed by atoms with van der Waals surface area (Å²) in [5.41, 5.74) is 1.95. The molecule has 140 valence electrons. The third-order valence-electron chi connectivity index (χ3n) is 5.19. The molecule has 0 atom stereocenters. The third kappa shape index (κ3) is 2.49.